The number of nitrogens with zero attached hydrogens (tertiary/aromatic N) is 4. The number of benzene rings is 3. The van der Waals surface area contributed by atoms with Crippen molar-refractivity contribution in [3.8, 4) is 0 Å². The van der Waals surface area contributed by atoms with E-state index in [1.54, 1.807) is 24.0 Å². The molecule has 2 saturated heterocycles. The van der Waals surface area contributed by atoms with Gasteiger partial charge in [0.2, 0.25) is 17.7 Å². The summed E-state index contributed by atoms with van der Waals surface area (Å²) in [4.78, 5) is 65.8. The van der Waals surface area contributed by atoms with E-state index in [1.165, 1.54) is 42.5 Å². The van der Waals surface area contributed by atoms with Gasteiger partial charge in [0.1, 0.15) is 6.04 Å². The minimum Gasteiger partial charge on any atom is -0.351 e. The van der Waals surface area contributed by atoms with Gasteiger partial charge in [-0.2, -0.15) is 0 Å². The maximum atomic E-state index is 14.0. The van der Waals surface area contributed by atoms with E-state index in [-0.39, 0.29) is 17.1 Å². The Balaban J connectivity index is 1.43. The molecule has 0 radical (unpaired) electrons. The van der Waals surface area contributed by atoms with Crippen LogP contribution in [0.25, 0.3) is 6.08 Å². The fourth-order valence-electron chi connectivity index (χ4n) is 5.89. The van der Waals surface area contributed by atoms with Crippen LogP contribution in [-0.4, -0.2) is 39.7 Å². The van der Waals surface area contributed by atoms with Gasteiger partial charge in [-0.15, -0.1) is 0 Å². The van der Waals surface area contributed by atoms with Crippen LogP contribution in [0, 0.1) is 39.0 Å². The highest BCUT2D eigenvalue weighted by molar-refractivity contribution is 6.25. The molecule has 0 aliphatic carbocycles. The van der Waals surface area contributed by atoms with Gasteiger partial charge in [-0.25, -0.2) is 4.90 Å². The summed E-state index contributed by atoms with van der Waals surface area (Å²) in [7, 11) is 0. The summed E-state index contributed by atoms with van der Waals surface area (Å²) in [5, 5.41) is 25.2. The number of fused-ring (bicyclic) bond motifs is 5. The van der Waals surface area contributed by atoms with Crippen LogP contribution >= 0.6 is 0 Å². The topological polar surface area (TPSA) is 156 Å². The molecule has 3 aromatic rings. The van der Waals surface area contributed by atoms with Gasteiger partial charge in [-0.3, -0.25) is 34.6 Å². The van der Waals surface area contributed by atoms with Crippen LogP contribution < -0.4 is 15.1 Å². The zero-order valence-electron chi connectivity index (χ0n) is 21.0. The Morgan fingerprint density at radius 3 is 2.20 bits per heavy atom. The van der Waals surface area contributed by atoms with E-state index in [1.807, 2.05) is 24.3 Å². The maximum Gasteiger partial charge on any atom is 0.271 e. The van der Waals surface area contributed by atoms with Crippen molar-refractivity contribution in [3.63, 3.8) is 0 Å². The van der Waals surface area contributed by atoms with Crippen molar-refractivity contribution >= 4 is 52.2 Å². The van der Waals surface area contributed by atoms with Crippen molar-refractivity contribution in [2.24, 2.45) is 11.8 Å². The van der Waals surface area contributed by atoms with Gasteiger partial charge in [-0.1, -0.05) is 36.4 Å². The minimum absolute atomic E-state index is 0.111. The van der Waals surface area contributed by atoms with Crippen molar-refractivity contribution in [3.05, 3.63) is 104 Å². The first-order valence-electron chi connectivity index (χ1n) is 12.4. The highest BCUT2D eigenvalue weighted by Gasteiger charge is 2.64. The number of nitro benzene ring substituents is 2. The van der Waals surface area contributed by atoms with Crippen molar-refractivity contribution in [2.75, 3.05) is 15.1 Å². The first kappa shape index (κ1) is 24.9. The van der Waals surface area contributed by atoms with Gasteiger partial charge >= 0.3 is 0 Å². The Bertz CT molecular complexity index is 1650. The molecule has 12 heteroatoms. The summed E-state index contributed by atoms with van der Waals surface area (Å²) in [5.74, 6) is -3.71. The lowest BCUT2D eigenvalue weighted by molar-refractivity contribution is -0.385. The Labute approximate surface area is 226 Å². The lowest BCUT2D eigenvalue weighted by Crippen LogP contribution is -2.50. The van der Waals surface area contributed by atoms with Crippen LogP contribution in [0.2, 0.25) is 0 Å². The van der Waals surface area contributed by atoms with E-state index < -0.39 is 51.5 Å². The number of carbonyl (C=O) groups is 3. The molecule has 6 rings (SSSR count). The molecule has 12 nitrogen and oxygen atoms in total. The Kier molecular flexibility index (Phi) is 5.68. The van der Waals surface area contributed by atoms with E-state index in [0.29, 0.717) is 16.9 Å². The van der Waals surface area contributed by atoms with Gasteiger partial charge in [0.15, 0.2) is 0 Å². The van der Waals surface area contributed by atoms with Crippen LogP contribution in [0.5, 0.6) is 0 Å². The van der Waals surface area contributed by atoms with E-state index in [4.69, 9.17) is 0 Å². The van der Waals surface area contributed by atoms with E-state index in [2.05, 4.69) is 5.32 Å². The van der Waals surface area contributed by atoms with Gasteiger partial charge in [-0.05, 0) is 36.2 Å². The number of carbonyl (C=O) groups excluding carboxylic acids is 3. The first-order valence-corrected chi connectivity index (χ1v) is 12.4. The molecule has 3 aliphatic rings. The predicted octanol–water partition coefficient (Wildman–Crippen LogP) is 3.84. The monoisotopic (exact) mass is 539 g/mol. The molecule has 0 saturated carbocycles. The Hall–Kier alpha value is -5.39. The van der Waals surface area contributed by atoms with E-state index in [9.17, 15) is 34.6 Å². The molecule has 200 valence electrons. The van der Waals surface area contributed by atoms with Crippen molar-refractivity contribution in [1.29, 1.82) is 0 Å². The smallest absolute Gasteiger partial charge is 0.271 e. The number of anilines is 3. The first-order chi connectivity index (χ1) is 19.2. The number of nitro groups is 2. The second kappa shape index (κ2) is 9.12. The second-order valence-corrected chi connectivity index (χ2v) is 9.85. The quantitative estimate of drug-likeness (QED) is 0.291. The van der Waals surface area contributed by atoms with Gasteiger partial charge in [0, 0.05) is 35.6 Å². The van der Waals surface area contributed by atoms with E-state index >= 15 is 0 Å². The molecule has 3 amide bonds. The molecule has 2 fully saturated rings. The molecule has 0 unspecified atom stereocenters. The third-order valence-corrected chi connectivity index (χ3v) is 7.67. The fraction of sp³-hybridized carbons (Fsp3) is 0.179. The molecule has 0 aromatic heterocycles. The Morgan fingerprint density at radius 2 is 1.50 bits per heavy atom. The van der Waals surface area contributed by atoms with Crippen LogP contribution in [0.4, 0.5) is 28.4 Å². The number of nitrogens with one attached hydrogen (secondary N) is 1. The molecule has 3 aliphatic heterocycles. The third-order valence-electron chi connectivity index (χ3n) is 7.67. The number of hydrogen-bond donors (Lipinski definition) is 1. The summed E-state index contributed by atoms with van der Waals surface area (Å²) in [6.07, 6.45) is 3.65. The number of amides is 3. The van der Waals surface area contributed by atoms with Crippen molar-refractivity contribution < 1.29 is 24.2 Å². The number of rotatable bonds is 5. The average molecular weight is 540 g/mol. The lowest BCUT2D eigenvalue weighted by atomic mass is 9.88. The van der Waals surface area contributed by atoms with Gasteiger partial charge in [0.25, 0.3) is 11.4 Å². The van der Waals surface area contributed by atoms with Crippen LogP contribution in [0.15, 0.2) is 72.8 Å². The molecule has 0 bridgehead atoms. The SMILES string of the molecule is Cc1ccc([N+](=O)[O-])cc1N1C(=O)[C@@H]2[C@H](C1=O)[C@@H](C(=O)Nc1ccc([N+](=O)[O-])cc1)N1c3ccccc3C=C[C@H]21. The summed E-state index contributed by atoms with van der Waals surface area (Å²) in [5.41, 5.74) is 2.00. The molecular weight excluding hydrogens is 518 g/mol. The molecule has 3 aromatic carbocycles. The molecular formula is C28H21N5O7. The van der Waals surface area contributed by atoms with Gasteiger partial charge in [0.05, 0.1) is 33.4 Å². The lowest BCUT2D eigenvalue weighted by Gasteiger charge is -2.36. The Morgan fingerprint density at radius 1 is 0.850 bits per heavy atom. The number of para-hydroxylation sites is 1. The molecule has 3 heterocycles. The van der Waals surface area contributed by atoms with Crippen LogP contribution in [0.1, 0.15) is 11.1 Å². The van der Waals surface area contributed by atoms with E-state index in [0.717, 1.165) is 10.5 Å². The summed E-state index contributed by atoms with van der Waals surface area (Å²) < 4.78 is 0. The highest BCUT2D eigenvalue weighted by Crippen LogP contribution is 2.49. The number of non-ortho nitro benzene ring substituents is 2. The third kappa shape index (κ3) is 3.72. The summed E-state index contributed by atoms with van der Waals surface area (Å²) >= 11 is 0. The average Bonchev–Trinajstić information content (AvgIpc) is 3.42. The van der Waals surface area contributed by atoms with Crippen molar-refractivity contribution in [1.82, 2.24) is 0 Å². The number of imide groups is 1. The molecule has 4 atom stereocenters. The standard InChI is InChI=1S/C28H21N5O7/c1-15-6-10-19(33(39)40)14-22(15)31-27(35)23-21-13-7-16-4-2-3-5-20(16)30(21)25(24(23)28(31)36)26(34)29-17-8-11-18(12-9-17)32(37)38/h2-14,21,23-25H,1H3,(H,29,34)/t21-,23+,24+,25+/m1/s1. The predicted molar refractivity (Wildman–Crippen MR) is 145 cm³/mol. The summed E-state index contributed by atoms with van der Waals surface area (Å²) in [6.45, 7) is 1.65. The number of hydrogen-bond acceptors (Lipinski definition) is 8. The molecule has 40 heavy (non-hydrogen) atoms. The van der Waals surface area contributed by atoms with Crippen LogP contribution in [0.3, 0.4) is 0 Å². The highest BCUT2D eigenvalue weighted by atomic mass is 16.6. The summed E-state index contributed by atoms with van der Waals surface area (Å²) in [6, 6.07) is 14.9. The maximum absolute atomic E-state index is 14.0. The van der Waals surface area contributed by atoms with Crippen LogP contribution in [-0.2, 0) is 14.4 Å². The van der Waals surface area contributed by atoms with Crippen molar-refractivity contribution in [2.45, 2.75) is 19.0 Å². The fourth-order valence-corrected chi connectivity index (χ4v) is 5.89. The second-order valence-electron chi connectivity index (χ2n) is 9.85. The number of aryl methyl sites for hydroxylation is 1. The molecule has 0 spiro atoms. The van der Waals surface area contributed by atoms with Gasteiger partial charge < -0.3 is 10.2 Å². The largest absolute Gasteiger partial charge is 0.351 e. The molecule has 1 N–H and O–H groups in total. The zero-order valence-corrected chi connectivity index (χ0v) is 21.0. The normalized spacial score (nSPS) is 22.5. The minimum atomic E-state index is -1.10. The zero-order chi connectivity index (χ0) is 28.3.